The second-order valence-corrected chi connectivity index (χ2v) is 6.82. The van der Waals surface area contributed by atoms with Crippen molar-refractivity contribution in [2.24, 2.45) is 5.92 Å². The molecular formula is C24H28. The van der Waals surface area contributed by atoms with Gasteiger partial charge in [-0.05, 0) is 79.7 Å². The molecule has 1 unspecified atom stereocenters. The molecular weight excluding hydrogens is 288 g/mol. The Morgan fingerprint density at radius 3 is 2.46 bits per heavy atom. The molecule has 0 amide bonds. The molecule has 0 saturated carbocycles. The Morgan fingerprint density at radius 1 is 0.917 bits per heavy atom. The van der Waals surface area contributed by atoms with E-state index in [4.69, 9.17) is 0 Å². The van der Waals surface area contributed by atoms with Crippen LogP contribution in [0.25, 0.3) is 11.1 Å². The topological polar surface area (TPSA) is 0 Å². The maximum absolute atomic E-state index is 2.41. The number of aryl methyl sites for hydroxylation is 2. The van der Waals surface area contributed by atoms with Gasteiger partial charge in [0, 0.05) is 0 Å². The summed E-state index contributed by atoms with van der Waals surface area (Å²) >= 11 is 0. The SMILES string of the molecule is C/C=C/CCc1ccc(-c2ccc3c(c2)CCC(/C=C/C)C3)cc1. The van der Waals surface area contributed by atoms with Gasteiger partial charge in [-0.25, -0.2) is 0 Å². The number of rotatable bonds is 5. The zero-order chi connectivity index (χ0) is 16.8. The summed E-state index contributed by atoms with van der Waals surface area (Å²) in [6.07, 6.45) is 14.9. The van der Waals surface area contributed by atoms with Gasteiger partial charge >= 0.3 is 0 Å². The largest absolute Gasteiger partial charge is 0.0917 e. The lowest BCUT2D eigenvalue weighted by atomic mass is 9.82. The summed E-state index contributed by atoms with van der Waals surface area (Å²) in [6.45, 7) is 4.21. The number of benzene rings is 2. The highest BCUT2D eigenvalue weighted by molar-refractivity contribution is 5.65. The van der Waals surface area contributed by atoms with Crippen LogP contribution in [0.2, 0.25) is 0 Å². The van der Waals surface area contributed by atoms with Crippen LogP contribution in [0.15, 0.2) is 66.8 Å². The fourth-order valence-corrected chi connectivity index (χ4v) is 3.68. The van der Waals surface area contributed by atoms with E-state index in [9.17, 15) is 0 Å². The number of hydrogen-bond donors (Lipinski definition) is 0. The summed E-state index contributed by atoms with van der Waals surface area (Å²) in [5, 5.41) is 0. The van der Waals surface area contributed by atoms with Gasteiger partial charge in [0.25, 0.3) is 0 Å². The van der Waals surface area contributed by atoms with Crippen LogP contribution in [-0.4, -0.2) is 0 Å². The van der Waals surface area contributed by atoms with E-state index in [1.54, 1.807) is 5.56 Å². The minimum atomic E-state index is 0.727. The van der Waals surface area contributed by atoms with Crippen LogP contribution < -0.4 is 0 Å². The van der Waals surface area contributed by atoms with Crippen LogP contribution >= 0.6 is 0 Å². The maximum Gasteiger partial charge on any atom is -0.0181 e. The van der Waals surface area contributed by atoms with Gasteiger partial charge in [0.2, 0.25) is 0 Å². The summed E-state index contributed by atoms with van der Waals surface area (Å²) in [5.41, 5.74) is 7.20. The summed E-state index contributed by atoms with van der Waals surface area (Å²) < 4.78 is 0. The lowest BCUT2D eigenvalue weighted by Gasteiger charge is -2.23. The quantitative estimate of drug-likeness (QED) is 0.549. The van der Waals surface area contributed by atoms with Crippen molar-refractivity contribution in [2.75, 3.05) is 0 Å². The zero-order valence-corrected chi connectivity index (χ0v) is 15.0. The van der Waals surface area contributed by atoms with Crippen molar-refractivity contribution in [3.63, 3.8) is 0 Å². The van der Waals surface area contributed by atoms with E-state index in [0.717, 1.165) is 18.8 Å². The standard InChI is InChI=1S/C24H28/c1-3-5-6-8-19-9-12-21(13-10-19)23-16-15-22-17-20(7-4-2)11-14-24(22)18-23/h3-5,7,9-10,12-13,15-16,18,20H,6,8,11,14,17H2,1-2H3/b5-3+,7-4+. The van der Waals surface area contributed by atoms with E-state index in [1.165, 1.54) is 41.5 Å². The molecule has 0 bridgehead atoms. The summed E-state index contributed by atoms with van der Waals surface area (Å²) in [5.74, 6) is 0.727. The van der Waals surface area contributed by atoms with Crippen molar-refractivity contribution >= 4 is 0 Å². The van der Waals surface area contributed by atoms with Gasteiger partial charge in [-0.15, -0.1) is 0 Å². The molecule has 1 aliphatic rings. The highest BCUT2D eigenvalue weighted by Gasteiger charge is 2.16. The molecule has 124 valence electrons. The molecule has 0 nitrogen and oxygen atoms in total. The van der Waals surface area contributed by atoms with E-state index in [2.05, 4.69) is 80.6 Å². The molecule has 0 aliphatic heterocycles. The molecule has 0 saturated heterocycles. The normalized spacial score (nSPS) is 17.5. The second kappa shape index (κ2) is 8.15. The lowest BCUT2D eigenvalue weighted by Crippen LogP contribution is -2.12. The third-order valence-corrected chi connectivity index (χ3v) is 5.06. The molecule has 2 aromatic rings. The third kappa shape index (κ3) is 4.06. The van der Waals surface area contributed by atoms with E-state index in [1.807, 2.05) is 0 Å². The van der Waals surface area contributed by atoms with Crippen molar-refractivity contribution in [1.29, 1.82) is 0 Å². The fourth-order valence-electron chi connectivity index (χ4n) is 3.68. The average Bonchev–Trinajstić information content (AvgIpc) is 2.62. The molecule has 0 N–H and O–H groups in total. The zero-order valence-electron chi connectivity index (χ0n) is 15.0. The molecule has 1 aliphatic carbocycles. The van der Waals surface area contributed by atoms with Crippen LogP contribution in [0, 0.1) is 5.92 Å². The monoisotopic (exact) mass is 316 g/mol. The fraction of sp³-hybridized carbons (Fsp3) is 0.333. The molecule has 0 heteroatoms. The summed E-state index contributed by atoms with van der Waals surface area (Å²) in [7, 11) is 0. The Morgan fingerprint density at radius 2 is 1.71 bits per heavy atom. The maximum atomic E-state index is 2.41. The number of hydrogen-bond acceptors (Lipinski definition) is 0. The molecule has 0 fully saturated rings. The molecule has 0 radical (unpaired) electrons. The van der Waals surface area contributed by atoms with Gasteiger partial charge in [0.15, 0.2) is 0 Å². The molecule has 0 spiro atoms. The smallest absolute Gasteiger partial charge is 0.0181 e. The first-order chi connectivity index (χ1) is 11.8. The van der Waals surface area contributed by atoms with E-state index in [-0.39, 0.29) is 0 Å². The minimum Gasteiger partial charge on any atom is -0.0917 e. The van der Waals surface area contributed by atoms with E-state index in [0.29, 0.717) is 0 Å². The van der Waals surface area contributed by atoms with Gasteiger partial charge in [-0.3, -0.25) is 0 Å². The number of fused-ring (bicyclic) bond motifs is 1. The van der Waals surface area contributed by atoms with Crippen molar-refractivity contribution in [3.05, 3.63) is 83.5 Å². The van der Waals surface area contributed by atoms with Crippen molar-refractivity contribution in [1.82, 2.24) is 0 Å². The van der Waals surface area contributed by atoms with Crippen LogP contribution in [-0.2, 0) is 19.3 Å². The molecule has 2 aromatic carbocycles. The highest BCUT2D eigenvalue weighted by Crippen LogP contribution is 2.30. The Hall–Kier alpha value is -2.08. The van der Waals surface area contributed by atoms with Gasteiger partial charge in [-0.2, -0.15) is 0 Å². The van der Waals surface area contributed by atoms with Gasteiger partial charge in [0.1, 0.15) is 0 Å². The molecule has 24 heavy (non-hydrogen) atoms. The summed E-state index contributed by atoms with van der Waals surface area (Å²) in [6, 6.07) is 16.2. The summed E-state index contributed by atoms with van der Waals surface area (Å²) in [4.78, 5) is 0. The highest BCUT2D eigenvalue weighted by atomic mass is 14.2. The first kappa shape index (κ1) is 16.8. The van der Waals surface area contributed by atoms with Gasteiger partial charge in [0.05, 0.1) is 0 Å². The Kier molecular flexibility index (Phi) is 5.69. The van der Waals surface area contributed by atoms with Crippen LogP contribution in [0.4, 0.5) is 0 Å². The first-order valence-electron chi connectivity index (χ1n) is 9.25. The van der Waals surface area contributed by atoms with E-state index < -0.39 is 0 Å². The second-order valence-electron chi connectivity index (χ2n) is 6.82. The van der Waals surface area contributed by atoms with Crippen LogP contribution in [0.3, 0.4) is 0 Å². The Bertz CT molecular complexity index is 716. The Balaban J connectivity index is 1.74. The molecule has 1 atom stereocenters. The predicted molar refractivity (Wildman–Crippen MR) is 105 cm³/mol. The average molecular weight is 316 g/mol. The molecule has 0 heterocycles. The molecule has 3 rings (SSSR count). The van der Waals surface area contributed by atoms with E-state index >= 15 is 0 Å². The van der Waals surface area contributed by atoms with Crippen LogP contribution in [0.5, 0.6) is 0 Å². The van der Waals surface area contributed by atoms with Crippen molar-refractivity contribution in [2.45, 2.75) is 46.0 Å². The van der Waals surface area contributed by atoms with Gasteiger partial charge in [-0.1, -0.05) is 66.8 Å². The first-order valence-corrected chi connectivity index (χ1v) is 9.25. The van der Waals surface area contributed by atoms with Gasteiger partial charge < -0.3 is 0 Å². The van der Waals surface area contributed by atoms with Crippen molar-refractivity contribution < 1.29 is 0 Å². The van der Waals surface area contributed by atoms with Crippen LogP contribution in [0.1, 0.15) is 43.4 Å². The minimum absolute atomic E-state index is 0.727. The third-order valence-electron chi connectivity index (χ3n) is 5.06. The number of allylic oxidation sites excluding steroid dienone is 4. The predicted octanol–water partition coefficient (Wildman–Crippen LogP) is 6.54. The Labute approximate surface area is 146 Å². The lowest BCUT2D eigenvalue weighted by molar-refractivity contribution is 0.553. The van der Waals surface area contributed by atoms with Crippen molar-refractivity contribution in [3.8, 4) is 11.1 Å². The molecule has 0 aromatic heterocycles.